The van der Waals surface area contributed by atoms with E-state index in [9.17, 15) is 22.8 Å². The molecule has 21 heavy (non-hydrogen) atoms. The Labute approximate surface area is 118 Å². The van der Waals surface area contributed by atoms with Crippen molar-refractivity contribution in [3.05, 3.63) is 42.0 Å². The van der Waals surface area contributed by atoms with Gasteiger partial charge < -0.3 is 15.3 Å². The van der Waals surface area contributed by atoms with Gasteiger partial charge in [-0.15, -0.1) is 6.58 Å². The highest BCUT2D eigenvalue weighted by Crippen LogP contribution is 2.31. The van der Waals surface area contributed by atoms with E-state index in [1.807, 2.05) is 0 Å². The summed E-state index contributed by atoms with van der Waals surface area (Å²) >= 11 is 0. The van der Waals surface area contributed by atoms with Crippen LogP contribution in [0, 0.1) is 0 Å². The Hall–Kier alpha value is -2.51. The molecule has 1 aromatic carbocycles. The number of likely N-dealkylation sites (N-methyl/N-ethyl adjacent to an activating group) is 1. The number of halogens is 3. The fourth-order valence-electron chi connectivity index (χ4n) is 1.49. The van der Waals surface area contributed by atoms with Gasteiger partial charge in [-0.25, -0.2) is 9.59 Å². The normalized spacial score (nSPS) is 10.9. The van der Waals surface area contributed by atoms with E-state index < -0.39 is 29.3 Å². The molecule has 8 heteroatoms. The summed E-state index contributed by atoms with van der Waals surface area (Å²) < 4.78 is 37.7. The number of urea groups is 1. The van der Waals surface area contributed by atoms with Crippen molar-refractivity contribution < 1.29 is 27.9 Å². The lowest BCUT2D eigenvalue weighted by atomic mass is 10.1. The number of benzene rings is 1. The summed E-state index contributed by atoms with van der Waals surface area (Å²) in [6.07, 6.45) is -3.21. The average Bonchev–Trinajstić information content (AvgIpc) is 2.37. The van der Waals surface area contributed by atoms with Crippen LogP contribution < -0.4 is 5.32 Å². The van der Waals surface area contributed by atoms with Crippen LogP contribution in [0.1, 0.15) is 15.9 Å². The van der Waals surface area contributed by atoms with Gasteiger partial charge in [-0.05, 0) is 18.2 Å². The third kappa shape index (κ3) is 4.23. The molecular weight excluding hydrogens is 289 g/mol. The van der Waals surface area contributed by atoms with E-state index >= 15 is 0 Å². The SMILES string of the molecule is C=CCN(C)C(=O)Nc1ccc(C(F)(F)F)cc1C(=O)O. The first kappa shape index (κ1) is 16.5. The number of hydrogen-bond acceptors (Lipinski definition) is 2. The molecule has 1 rings (SSSR count). The predicted octanol–water partition coefficient (Wildman–Crippen LogP) is 3.05. The van der Waals surface area contributed by atoms with Crippen molar-refractivity contribution in [2.24, 2.45) is 0 Å². The van der Waals surface area contributed by atoms with Crippen LogP contribution in [0.3, 0.4) is 0 Å². The summed E-state index contributed by atoms with van der Waals surface area (Å²) in [5, 5.41) is 11.2. The molecule has 1 aromatic rings. The van der Waals surface area contributed by atoms with E-state index in [0.29, 0.717) is 12.1 Å². The number of nitrogens with one attached hydrogen (secondary N) is 1. The van der Waals surface area contributed by atoms with E-state index in [1.165, 1.54) is 18.0 Å². The number of carboxylic acid groups (broad SMARTS) is 1. The minimum Gasteiger partial charge on any atom is -0.478 e. The number of rotatable bonds is 4. The number of aromatic carboxylic acids is 1. The Morgan fingerprint density at radius 3 is 2.52 bits per heavy atom. The number of amides is 2. The van der Waals surface area contributed by atoms with Crippen molar-refractivity contribution in [1.82, 2.24) is 4.90 Å². The molecule has 0 unspecified atom stereocenters. The smallest absolute Gasteiger partial charge is 0.416 e. The molecule has 0 saturated heterocycles. The van der Waals surface area contributed by atoms with Crippen LogP contribution in [0.5, 0.6) is 0 Å². The molecule has 2 N–H and O–H groups in total. The number of alkyl halides is 3. The lowest BCUT2D eigenvalue weighted by Gasteiger charge is -2.17. The van der Waals surface area contributed by atoms with E-state index in [4.69, 9.17) is 5.11 Å². The highest BCUT2D eigenvalue weighted by atomic mass is 19.4. The quantitative estimate of drug-likeness (QED) is 0.840. The van der Waals surface area contributed by atoms with E-state index in [2.05, 4.69) is 11.9 Å². The molecule has 0 aromatic heterocycles. The van der Waals surface area contributed by atoms with Crippen LogP contribution >= 0.6 is 0 Å². The fourth-order valence-corrected chi connectivity index (χ4v) is 1.49. The van der Waals surface area contributed by atoms with Gasteiger partial charge in [-0.3, -0.25) is 0 Å². The maximum Gasteiger partial charge on any atom is 0.416 e. The van der Waals surface area contributed by atoms with Gasteiger partial charge in [0.25, 0.3) is 0 Å². The molecule has 2 amide bonds. The number of carbonyl (C=O) groups excluding carboxylic acids is 1. The number of nitrogens with zero attached hydrogens (tertiary/aromatic N) is 1. The molecular formula is C13H13F3N2O3. The van der Waals surface area contributed by atoms with Gasteiger partial charge in [-0.1, -0.05) is 6.08 Å². The standard InChI is InChI=1S/C13H13F3N2O3/c1-3-6-18(2)12(21)17-10-5-4-8(13(14,15)16)7-9(10)11(19)20/h3-5,7H,1,6H2,2H3,(H,17,21)(H,19,20). The van der Waals surface area contributed by atoms with Crippen LogP contribution in [0.25, 0.3) is 0 Å². The Bertz CT molecular complexity index is 570. The lowest BCUT2D eigenvalue weighted by molar-refractivity contribution is -0.137. The lowest BCUT2D eigenvalue weighted by Crippen LogP contribution is -2.32. The molecule has 114 valence electrons. The monoisotopic (exact) mass is 302 g/mol. The second-order valence-electron chi connectivity index (χ2n) is 4.16. The topological polar surface area (TPSA) is 69.6 Å². The molecule has 0 aliphatic rings. The van der Waals surface area contributed by atoms with E-state index in [-0.39, 0.29) is 12.2 Å². The molecule has 0 aliphatic heterocycles. The number of hydrogen-bond donors (Lipinski definition) is 2. The van der Waals surface area contributed by atoms with E-state index in [1.54, 1.807) is 0 Å². The largest absolute Gasteiger partial charge is 0.478 e. The molecule has 5 nitrogen and oxygen atoms in total. The summed E-state index contributed by atoms with van der Waals surface area (Å²) in [7, 11) is 1.43. The minimum atomic E-state index is -4.66. The predicted molar refractivity (Wildman–Crippen MR) is 70.2 cm³/mol. The van der Waals surface area contributed by atoms with Crippen molar-refractivity contribution in [3.8, 4) is 0 Å². The minimum absolute atomic E-state index is 0.203. The second kappa shape index (κ2) is 6.29. The van der Waals surface area contributed by atoms with Crippen molar-refractivity contribution in [1.29, 1.82) is 0 Å². The Balaban J connectivity index is 3.10. The molecule has 0 spiro atoms. The van der Waals surface area contributed by atoms with Gasteiger partial charge in [0.05, 0.1) is 16.8 Å². The summed E-state index contributed by atoms with van der Waals surface area (Å²) in [4.78, 5) is 23.9. The van der Waals surface area contributed by atoms with Crippen LogP contribution in [0.2, 0.25) is 0 Å². The maximum atomic E-state index is 12.6. The van der Waals surface area contributed by atoms with Gasteiger partial charge in [0.1, 0.15) is 0 Å². The first-order chi connectivity index (χ1) is 9.66. The highest BCUT2D eigenvalue weighted by molar-refractivity contribution is 6.00. The zero-order chi connectivity index (χ0) is 16.2. The zero-order valence-electron chi connectivity index (χ0n) is 11.1. The molecule has 0 atom stereocenters. The first-order valence-corrected chi connectivity index (χ1v) is 5.74. The van der Waals surface area contributed by atoms with Gasteiger partial charge in [0.15, 0.2) is 0 Å². The van der Waals surface area contributed by atoms with Crippen LogP contribution in [0.4, 0.5) is 23.7 Å². The summed E-state index contributed by atoms with van der Waals surface area (Å²) in [6, 6.07) is 1.43. The third-order valence-electron chi connectivity index (χ3n) is 2.57. The van der Waals surface area contributed by atoms with E-state index in [0.717, 1.165) is 6.07 Å². The molecule has 0 fully saturated rings. The summed E-state index contributed by atoms with van der Waals surface area (Å²) in [6.45, 7) is 3.64. The molecule has 0 radical (unpaired) electrons. The number of anilines is 1. The molecule has 0 saturated carbocycles. The van der Waals surface area contributed by atoms with Gasteiger partial charge in [0, 0.05) is 13.6 Å². The molecule has 0 heterocycles. The summed E-state index contributed by atoms with van der Waals surface area (Å²) in [5.41, 5.74) is -1.95. The van der Waals surface area contributed by atoms with Gasteiger partial charge in [-0.2, -0.15) is 13.2 Å². The highest BCUT2D eigenvalue weighted by Gasteiger charge is 2.32. The average molecular weight is 302 g/mol. The van der Waals surface area contributed by atoms with Crippen molar-refractivity contribution in [2.45, 2.75) is 6.18 Å². The van der Waals surface area contributed by atoms with Crippen LogP contribution in [0.15, 0.2) is 30.9 Å². The zero-order valence-corrected chi connectivity index (χ0v) is 11.1. The second-order valence-corrected chi connectivity index (χ2v) is 4.16. The number of carboxylic acids is 1. The van der Waals surface area contributed by atoms with Crippen molar-refractivity contribution >= 4 is 17.7 Å². The number of carbonyl (C=O) groups is 2. The fraction of sp³-hybridized carbons (Fsp3) is 0.231. The Morgan fingerprint density at radius 1 is 1.43 bits per heavy atom. The van der Waals surface area contributed by atoms with Crippen LogP contribution in [-0.2, 0) is 6.18 Å². The molecule has 0 bridgehead atoms. The van der Waals surface area contributed by atoms with Crippen molar-refractivity contribution in [2.75, 3.05) is 18.9 Å². The van der Waals surface area contributed by atoms with Crippen LogP contribution in [-0.4, -0.2) is 35.6 Å². The van der Waals surface area contributed by atoms with Crippen molar-refractivity contribution in [3.63, 3.8) is 0 Å². The third-order valence-corrected chi connectivity index (χ3v) is 2.57. The maximum absolute atomic E-state index is 12.6. The first-order valence-electron chi connectivity index (χ1n) is 5.74. The Morgan fingerprint density at radius 2 is 2.05 bits per heavy atom. The molecule has 0 aliphatic carbocycles. The summed E-state index contributed by atoms with van der Waals surface area (Å²) in [5.74, 6) is -1.57. The van der Waals surface area contributed by atoms with Gasteiger partial charge in [0.2, 0.25) is 0 Å². The van der Waals surface area contributed by atoms with Gasteiger partial charge >= 0.3 is 18.2 Å². The Kier molecular flexibility index (Phi) is 4.96.